The van der Waals surface area contributed by atoms with E-state index in [1.165, 1.54) is 28.6 Å². The second-order valence-electron chi connectivity index (χ2n) is 6.83. The van der Waals surface area contributed by atoms with E-state index >= 15 is 0 Å². The lowest BCUT2D eigenvalue weighted by Gasteiger charge is -2.24. The van der Waals surface area contributed by atoms with Crippen molar-refractivity contribution in [3.63, 3.8) is 0 Å². The molecule has 158 valence electrons. The molecule has 0 radical (unpaired) electrons. The third-order valence-electron chi connectivity index (χ3n) is 4.57. The van der Waals surface area contributed by atoms with E-state index in [1.54, 1.807) is 36.4 Å². The van der Waals surface area contributed by atoms with E-state index in [4.69, 9.17) is 16.9 Å². The van der Waals surface area contributed by atoms with Gasteiger partial charge in [-0.2, -0.15) is 5.26 Å². The van der Waals surface area contributed by atoms with Crippen LogP contribution in [0, 0.1) is 18.3 Å². The highest BCUT2D eigenvalue weighted by Gasteiger charge is 2.25. The lowest BCUT2D eigenvalue weighted by molar-refractivity contribution is -0.116. The molecule has 0 unspecified atom stereocenters. The molecule has 0 fully saturated rings. The molecule has 8 heteroatoms. The van der Waals surface area contributed by atoms with Crippen LogP contribution >= 0.6 is 11.6 Å². The van der Waals surface area contributed by atoms with Crippen LogP contribution < -0.4 is 9.62 Å². The van der Waals surface area contributed by atoms with E-state index in [1.807, 2.05) is 25.1 Å². The lowest BCUT2D eigenvalue weighted by Crippen LogP contribution is -2.34. The number of halogens is 1. The minimum absolute atomic E-state index is 0.0455. The van der Waals surface area contributed by atoms with E-state index in [9.17, 15) is 13.2 Å². The Morgan fingerprint density at radius 3 is 2.35 bits per heavy atom. The van der Waals surface area contributed by atoms with Gasteiger partial charge in [-0.15, -0.1) is 0 Å². The molecule has 3 aromatic rings. The molecule has 0 aromatic heterocycles. The molecule has 1 N–H and O–H groups in total. The number of carbonyl (C=O) groups is 1. The Morgan fingerprint density at radius 1 is 1.06 bits per heavy atom. The van der Waals surface area contributed by atoms with Crippen molar-refractivity contribution in [3.05, 3.63) is 88.9 Å². The number of hydrogen-bond acceptors (Lipinski definition) is 4. The van der Waals surface area contributed by atoms with Crippen molar-refractivity contribution < 1.29 is 13.2 Å². The summed E-state index contributed by atoms with van der Waals surface area (Å²) >= 11 is 6.00. The van der Waals surface area contributed by atoms with Crippen LogP contribution in [0.25, 0.3) is 0 Å². The number of hydrogen-bond donors (Lipinski definition) is 1. The van der Waals surface area contributed by atoms with Crippen molar-refractivity contribution in [1.29, 1.82) is 5.26 Å². The van der Waals surface area contributed by atoms with Crippen molar-refractivity contribution in [3.8, 4) is 6.07 Å². The van der Waals surface area contributed by atoms with Crippen LogP contribution in [-0.4, -0.2) is 20.9 Å². The Morgan fingerprint density at radius 2 is 1.74 bits per heavy atom. The normalized spacial score (nSPS) is 10.9. The predicted molar refractivity (Wildman–Crippen MR) is 122 cm³/mol. The summed E-state index contributed by atoms with van der Waals surface area (Å²) in [5, 5.41) is 11.9. The van der Waals surface area contributed by atoms with Crippen LogP contribution in [0.15, 0.2) is 77.7 Å². The van der Waals surface area contributed by atoms with E-state index in [2.05, 4.69) is 5.32 Å². The van der Waals surface area contributed by atoms with Gasteiger partial charge in [-0.25, -0.2) is 8.42 Å². The van der Waals surface area contributed by atoms with Gasteiger partial charge in [0, 0.05) is 18.7 Å². The third kappa shape index (κ3) is 5.43. The summed E-state index contributed by atoms with van der Waals surface area (Å²) in [5.41, 5.74) is 2.21. The molecular weight excluding hydrogens is 434 g/mol. The van der Waals surface area contributed by atoms with E-state index in [0.717, 1.165) is 5.56 Å². The largest absolute Gasteiger partial charge is 0.326 e. The quantitative estimate of drug-likeness (QED) is 0.559. The summed E-state index contributed by atoms with van der Waals surface area (Å²) in [6.07, 6.45) is -0.0719. The molecule has 0 heterocycles. The first kappa shape index (κ1) is 22.3. The number of nitrogens with one attached hydrogen (secondary N) is 1. The van der Waals surface area contributed by atoms with Crippen molar-refractivity contribution in [1.82, 2.24) is 0 Å². The van der Waals surface area contributed by atoms with Gasteiger partial charge in [0.05, 0.1) is 21.2 Å². The van der Waals surface area contributed by atoms with Gasteiger partial charge in [-0.05, 0) is 49.4 Å². The SMILES string of the molecule is Cc1ccc(N(CCC(=O)Nc2ccc(C#N)c(Cl)c2)S(=O)(=O)c2ccccc2)cc1. The van der Waals surface area contributed by atoms with Crippen molar-refractivity contribution in [2.45, 2.75) is 18.2 Å². The minimum atomic E-state index is -3.86. The summed E-state index contributed by atoms with van der Waals surface area (Å²) in [5.74, 6) is -0.374. The summed E-state index contributed by atoms with van der Waals surface area (Å²) in [6, 6.07) is 21.7. The van der Waals surface area contributed by atoms with Crippen LogP contribution in [0.1, 0.15) is 17.5 Å². The van der Waals surface area contributed by atoms with Crippen molar-refractivity contribution >= 4 is 38.9 Å². The molecule has 0 aliphatic heterocycles. The number of amides is 1. The monoisotopic (exact) mass is 453 g/mol. The number of benzene rings is 3. The zero-order chi connectivity index (χ0) is 22.4. The number of carbonyl (C=O) groups excluding carboxylic acids is 1. The maximum absolute atomic E-state index is 13.2. The highest BCUT2D eigenvalue weighted by Crippen LogP contribution is 2.25. The average Bonchev–Trinajstić information content (AvgIpc) is 2.76. The molecule has 0 saturated carbocycles. The number of anilines is 2. The van der Waals surface area contributed by atoms with Crippen LogP contribution in [-0.2, 0) is 14.8 Å². The fourth-order valence-corrected chi connectivity index (χ4v) is 4.64. The van der Waals surface area contributed by atoms with E-state index in [0.29, 0.717) is 16.9 Å². The molecule has 1 amide bonds. The zero-order valence-electron chi connectivity index (χ0n) is 16.7. The van der Waals surface area contributed by atoms with Gasteiger partial charge >= 0.3 is 0 Å². The Labute approximate surface area is 186 Å². The van der Waals surface area contributed by atoms with Crippen molar-refractivity contribution in [2.75, 3.05) is 16.2 Å². The average molecular weight is 454 g/mol. The third-order valence-corrected chi connectivity index (χ3v) is 6.72. The Balaban J connectivity index is 1.81. The van der Waals surface area contributed by atoms with Gasteiger partial charge < -0.3 is 5.32 Å². The number of nitrogens with zero attached hydrogens (tertiary/aromatic N) is 2. The maximum Gasteiger partial charge on any atom is 0.264 e. The molecule has 0 aliphatic rings. The number of nitriles is 1. The maximum atomic E-state index is 13.2. The second kappa shape index (κ2) is 9.65. The van der Waals surface area contributed by atoms with Gasteiger partial charge in [-0.3, -0.25) is 9.10 Å². The number of sulfonamides is 1. The topological polar surface area (TPSA) is 90.3 Å². The molecule has 3 aromatic carbocycles. The van der Waals surface area contributed by atoms with Crippen molar-refractivity contribution in [2.24, 2.45) is 0 Å². The van der Waals surface area contributed by atoms with Gasteiger partial charge in [0.15, 0.2) is 0 Å². The van der Waals surface area contributed by atoms with E-state index in [-0.39, 0.29) is 28.8 Å². The summed E-state index contributed by atoms with van der Waals surface area (Å²) in [6.45, 7) is 1.87. The number of aryl methyl sites for hydroxylation is 1. The van der Waals surface area contributed by atoms with Crippen LogP contribution in [0.4, 0.5) is 11.4 Å². The summed E-state index contributed by atoms with van der Waals surface area (Å²) in [4.78, 5) is 12.6. The van der Waals surface area contributed by atoms with Crippen LogP contribution in [0.2, 0.25) is 5.02 Å². The first-order valence-electron chi connectivity index (χ1n) is 9.45. The molecule has 0 aliphatic carbocycles. The first-order valence-corrected chi connectivity index (χ1v) is 11.3. The van der Waals surface area contributed by atoms with Gasteiger partial charge in [0.25, 0.3) is 10.0 Å². The molecule has 3 rings (SSSR count). The van der Waals surface area contributed by atoms with Gasteiger partial charge in [0.2, 0.25) is 5.91 Å². The smallest absolute Gasteiger partial charge is 0.264 e. The zero-order valence-corrected chi connectivity index (χ0v) is 18.3. The first-order chi connectivity index (χ1) is 14.8. The lowest BCUT2D eigenvalue weighted by atomic mass is 10.2. The standard InChI is InChI=1S/C23H20ClN3O3S/c1-17-7-11-20(12-8-17)27(31(29,30)21-5-3-2-4-6-21)14-13-23(28)26-19-10-9-18(16-25)22(24)15-19/h2-12,15H,13-14H2,1H3,(H,26,28). The molecular formula is C23H20ClN3O3S. The summed E-state index contributed by atoms with van der Waals surface area (Å²) in [7, 11) is -3.86. The number of rotatable bonds is 7. The summed E-state index contributed by atoms with van der Waals surface area (Å²) < 4.78 is 27.7. The molecule has 0 spiro atoms. The van der Waals surface area contributed by atoms with E-state index < -0.39 is 10.0 Å². The fraction of sp³-hybridized carbons (Fsp3) is 0.130. The molecule has 0 bridgehead atoms. The minimum Gasteiger partial charge on any atom is -0.326 e. The molecule has 31 heavy (non-hydrogen) atoms. The second-order valence-corrected chi connectivity index (χ2v) is 9.10. The predicted octanol–water partition coefficient (Wildman–Crippen LogP) is 4.74. The van der Waals surface area contributed by atoms with Crippen LogP contribution in [0.3, 0.4) is 0 Å². The Kier molecular flexibility index (Phi) is 6.95. The highest BCUT2D eigenvalue weighted by molar-refractivity contribution is 7.92. The molecule has 0 atom stereocenters. The van der Waals surface area contributed by atoms with Gasteiger partial charge in [-0.1, -0.05) is 47.5 Å². The Hall–Kier alpha value is -3.34. The van der Waals surface area contributed by atoms with Crippen LogP contribution in [0.5, 0.6) is 0 Å². The Bertz CT molecular complexity index is 1220. The molecule has 6 nitrogen and oxygen atoms in total. The molecule has 0 saturated heterocycles. The van der Waals surface area contributed by atoms with Gasteiger partial charge in [0.1, 0.15) is 6.07 Å². The fourth-order valence-electron chi connectivity index (χ4n) is 2.93. The highest BCUT2D eigenvalue weighted by atomic mass is 35.5.